The molecular weight excluding hydrogens is 154 g/mol. The van der Waals surface area contributed by atoms with E-state index in [1.165, 1.54) is 0 Å². The number of hydrogen-bond acceptors (Lipinski definition) is 3. The molecule has 1 fully saturated rings. The Balaban J connectivity index is 2.08. The van der Waals surface area contributed by atoms with Gasteiger partial charge in [0.15, 0.2) is 0 Å². The van der Waals surface area contributed by atoms with E-state index in [0.717, 1.165) is 18.6 Å². The Labute approximate surface area is 70.9 Å². The summed E-state index contributed by atoms with van der Waals surface area (Å²) in [6.45, 7) is 0. The lowest BCUT2D eigenvalue weighted by atomic mass is 10.3. The SMILES string of the molecule is ONc1cccc(OC2CC2)c1. The maximum atomic E-state index is 8.61. The largest absolute Gasteiger partial charge is 0.490 e. The fraction of sp³-hybridized carbons (Fsp3) is 0.333. The van der Waals surface area contributed by atoms with Crippen LogP contribution < -0.4 is 10.2 Å². The van der Waals surface area contributed by atoms with E-state index in [9.17, 15) is 0 Å². The first-order chi connectivity index (χ1) is 5.88. The van der Waals surface area contributed by atoms with Gasteiger partial charge in [-0.15, -0.1) is 0 Å². The second-order valence-electron chi connectivity index (χ2n) is 2.96. The van der Waals surface area contributed by atoms with Crippen LogP contribution in [0.25, 0.3) is 0 Å². The van der Waals surface area contributed by atoms with Crippen molar-refractivity contribution >= 4 is 5.69 Å². The molecule has 1 aliphatic rings. The minimum absolute atomic E-state index is 0.402. The summed E-state index contributed by atoms with van der Waals surface area (Å²) in [7, 11) is 0. The van der Waals surface area contributed by atoms with Crippen LogP contribution in [-0.2, 0) is 0 Å². The van der Waals surface area contributed by atoms with E-state index in [2.05, 4.69) is 5.48 Å². The summed E-state index contributed by atoms with van der Waals surface area (Å²) in [5.74, 6) is 0.816. The van der Waals surface area contributed by atoms with Crippen LogP contribution in [0, 0.1) is 0 Å². The van der Waals surface area contributed by atoms with Gasteiger partial charge in [0.1, 0.15) is 5.75 Å². The Hall–Kier alpha value is -1.22. The minimum atomic E-state index is 0.402. The highest BCUT2D eigenvalue weighted by molar-refractivity contribution is 5.46. The van der Waals surface area contributed by atoms with Crippen molar-refractivity contribution in [1.29, 1.82) is 0 Å². The molecule has 3 nitrogen and oxygen atoms in total. The van der Waals surface area contributed by atoms with Crippen LogP contribution >= 0.6 is 0 Å². The molecule has 0 heterocycles. The Kier molecular flexibility index (Phi) is 1.87. The number of anilines is 1. The molecule has 1 aliphatic carbocycles. The van der Waals surface area contributed by atoms with Gasteiger partial charge in [0.25, 0.3) is 0 Å². The number of nitrogens with one attached hydrogen (secondary N) is 1. The van der Waals surface area contributed by atoms with Crippen molar-refractivity contribution in [1.82, 2.24) is 0 Å². The Bertz CT molecular complexity index is 271. The van der Waals surface area contributed by atoms with E-state index in [1.807, 2.05) is 12.1 Å². The van der Waals surface area contributed by atoms with Crippen LogP contribution in [0.2, 0.25) is 0 Å². The second kappa shape index (κ2) is 3.03. The van der Waals surface area contributed by atoms with Gasteiger partial charge in [-0.1, -0.05) is 6.07 Å². The highest BCUT2D eigenvalue weighted by Crippen LogP contribution is 2.27. The summed E-state index contributed by atoms with van der Waals surface area (Å²) in [4.78, 5) is 0. The molecular formula is C9H11NO2. The van der Waals surface area contributed by atoms with Crippen molar-refractivity contribution in [2.45, 2.75) is 18.9 Å². The average molecular weight is 165 g/mol. The Morgan fingerprint density at radius 3 is 2.92 bits per heavy atom. The summed E-state index contributed by atoms with van der Waals surface area (Å²) in [5, 5.41) is 8.61. The third-order valence-corrected chi connectivity index (χ3v) is 1.79. The number of benzene rings is 1. The van der Waals surface area contributed by atoms with Crippen LogP contribution in [-0.4, -0.2) is 11.3 Å². The quantitative estimate of drug-likeness (QED) is 0.673. The van der Waals surface area contributed by atoms with Gasteiger partial charge in [0.05, 0.1) is 11.8 Å². The molecule has 1 aromatic rings. The number of hydrogen-bond donors (Lipinski definition) is 2. The standard InChI is InChI=1S/C9H11NO2/c11-10-7-2-1-3-9(6-7)12-8-4-5-8/h1-3,6,8,10-11H,4-5H2. The smallest absolute Gasteiger partial charge is 0.121 e. The van der Waals surface area contributed by atoms with Crippen LogP contribution in [0.15, 0.2) is 24.3 Å². The van der Waals surface area contributed by atoms with Crippen LogP contribution in [0.3, 0.4) is 0 Å². The van der Waals surface area contributed by atoms with Gasteiger partial charge < -0.3 is 4.74 Å². The molecule has 0 amide bonds. The fourth-order valence-electron chi connectivity index (χ4n) is 1.02. The first kappa shape index (κ1) is 7.43. The average Bonchev–Trinajstić information content (AvgIpc) is 2.89. The van der Waals surface area contributed by atoms with Gasteiger partial charge in [-0.2, -0.15) is 0 Å². The second-order valence-corrected chi connectivity index (χ2v) is 2.96. The van der Waals surface area contributed by atoms with E-state index in [1.54, 1.807) is 12.1 Å². The molecule has 64 valence electrons. The molecule has 2 N–H and O–H groups in total. The maximum Gasteiger partial charge on any atom is 0.121 e. The van der Waals surface area contributed by atoms with Crippen molar-refractivity contribution in [3.8, 4) is 5.75 Å². The lowest BCUT2D eigenvalue weighted by Crippen LogP contribution is -1.96. The van der Waals surface area contributed by atoms with E-state index in [-0.39, 0.29) is 0 Å². The van der Waals surface area contributed by atoms with E-state index in [0.29, 0.717) is 11.8 Å². The van der Waals surface area contributed by atoms with Crippen molar-refractivity contribution in [3.05, 3.63) is 24.3 Å². The Morgan fingerprint density at radius 2 is 2.25 bits per heavy atom. The Morgan fingerprint density at radius 1 is 1.42 bits per heavy atom. The third-order valence-electron chi connectivity index (χ3n) is 1.79. The van der Waals surface area contributed by atoms with Crippen molar-refractivity contribution < 1.29 is 9.94 Å². The predicted molar refractivity (Wildman–Crippen MR) is 45.5 cm³/mol. The van der Waals surface area contributed by atoms with Gasteiger partial charge >= 0.3 is 0 Å². The molecule has 0 aliphatic heterocycles. The summed E-state index contributed by atoms with van der Waals surface area (Å²) >= 11 is 0. The molecule has 0 aromatic heterocycles. The summed E-state index contributed by atoms with van der Waals surface area (Å²) in [5.41, 5.74) is 2.74. The molecule has 1 aromatic carbocycles. The van der Waals surface area contributed by atoms with Gasteiger partial charge in [0, 0.05) is 6.07 Å². The van der Waals surface area contributed by atoms with E-state index in [4.69, 9.17) is 9.94 Å². The van der Waals surface area contributed by atoms with Crippen LogP contribution in [0.1, 0.15) is 12.8 Å². The van der Waals surface area contributed by atoms with Crippen LogP contribution in [0.5, 0.6) is 5.75 Å². The monoisotopic (exact) mass is 165 g/mol. The van der Waals surface area contributed by atoms with E-state index >= 15 is 0 Å². The minimum Gasteiger partial charge on any atom is -0.490 e. The number of ether oxygens (including phenoxy) is 1. The highest BCUT2D eigenvalue weighted by Gasteiger charge is 2.23. The molecule has 12 heavy (non-hydrogen) atoms. The van der Waals surface area contributed by atoms with E-state index < -0.39 is 0 Å². The molecule has 0 saturated heterocycles. The molecule has 0 atom stereocenters. The molecule has 0 radical (unpaired) electrons. The number of rotatable bonds is 3. The molecule has 2 rings (SSSR count). The molecule has 0 bridgehead atoms. The highest BCUT2D eigenvalue weighted by atomic mass is 16.5. The fourth-order valence-corrected chi connectivity index (χ4v) is 1.02. The zero-order valence-electron chi connectivity index (χ0n) is 6.66. The van der Waals surface area contributed by atoms with Gasteiger partial charge in [0.2, 0.25) is 0 Å². The summed E-state index contributed by atoms with van der Waals surface area (Å²) in [6, 6.07) is 7.29. The first-order valence-electron chi connectivity index (χ1n) is 4.05. The van der Waals surface area contributed by atoms with Gasteiger partial charge in [-0.25, -0.2) is 0 Å². The summed E-state index contributed by atoms with van der Waals surface area (Å²) < 4.78 is 5.52. The summed E-state index contributed by atoms with van der Waals surface area (Å²) in [6.07, 6.45) is 2.70. The van der Waals surface area contributed by atoms with Crippen molar-refractivity contribution in [2.24, 2.45) is 0 Å². The van der Waals surface area contributed by atoms with Crippen molar-refractivity contribution in [2.75, 3.05) is 5.48 Å². The molecule has 1 saturated carbocycles. The third kappa shape index (κ3) is 1.68. The zero-order valence-corrected chi connectivity index (χ0v) is 6.66. The topological polar surface area (TPSA) is 41.5 Å². The van der Waals surface area contributed by atoms with Crippen LogP contribution in [0.4, 0.5) is 5.69 Å². The van der Waals surface area contributed by atoms with Crippen molar-refractivity contribution in [3.63, 3.8) is 0 Å². The molecule has 0 spiro atoms. The normalized spacial score (nSPS) is 15.8. The molecule has 3 heteroatoms. The first-order valence-corrected chi connectivity index (χ1v) is 4.05. The molecule has 0 unspecified atom stereocenters. The maximum absolute atomic E-state index is 8.61. The van der Waals surface area contributed by atoms with Gasteiger partial charge in [-0.3, -0.25) is 10.7 Å². The van der Waals surface area contributed by atoms with Gasteiger partial charge in [-0.05, 0) is 25.0 Å². The lowest BCUT2D eigenvalue weighted by molar-refractivity contribution is 0.303. The predicted octanol–water partition coefficient (Wildman–Crippen LogP) is 2.03. The lowest BCUT2D eigenvalue weighted by Gasteiger charge is -2.05. The zero-order chi connectivity index (χ0) is 8.39.